The first-order valence-electron chi connectivity index (χ1n) is 8.40. The van der Waals surface area contributed by atoms with E-state index in [1.807, 2.05) is 42.5 Å². The zero-order valence-electron chi connectivity index (χ0n) is 14.7. The Morgan fingerprint density at radius 2 is 1.96 bits per heavy atom. The Morgan fingerprint density at radius 1 is 1.20 bits per heavy atom. The van der Waals surface area contributed by atoms with Crippen LogP contribution in [0.15, 0.2) is 23.6 Å². The Bertz CT molecular complexity index is 923. The molecule has 1 saturated heterocycles. The Labute approximate surface area is 150 Å². The molecule has 0 bridgehead atoms. The van der Waals surface area contributed by atoms with Gasteiger partial charge in [0, 0.05) is 33.2 Å². The lowest BCUT2D eigenvalue weighted by Gasteiger charge is -2.32. The van der Waals surface area contributed by atoms with Gasteiger partial charge < -0.3 is 9.80 Å². The zero-order chi connectivity index (χ0) is 17.6. The summed E-state index contributed by atoms with van der Waals surface area (Å²) in [5.74, 6) is 0.0782. The Kier molecular flexibility index (Phi) is 4.05. The van der Waals surface area contributed by atoms with E-state index in [9.17, 15) is 4.79 Å². The predicted octanol–water partition coefficient (Wildman–Crippen LogP) is 2.39. The van der Waals surface area contributed by atoms with Crippen molar-refractivity contribution in [2.24, 2.45) is 7.05 Å². The standard InChI is InChI=1S/C18H21N5OS/c1-12-16-13(18(24)23-8-6-21(2)7-9-23)11-14(15-5-4-10-25-15)19-17(16)22(3)20-12/h4-5,10-11H,6-9H2,1-3H3. The van der Waals surface area contributed by atoms with Crippen LogP contribution in [0.25, 0.3) is 21.6 Å². The van der Waals surface area contributed by atoms with Gasteiger partial charge in [-0.1, -0.05) is 6.07 Å². The molecule has 1 fully saturated rings. The normalized spacial score (nSPS) is 15.9. The third-order valence-electron chi connectivity index (χ3n) is 4.76. The number of carbonyl (C=O) groups excluding carboxylic acids is 1. The lowest BCUT2D eigenvalue weighted by atomic mass is 10.1. The second-order valence-corrected chi connectivity index (χ2v) is 7.48. The summed E-state index contributed by atoms with van der Waals surface area (Å²) in [6.07, 6.45) is 0. The number of likely N-dealkylation sites (N-methyl/N-ethyl adjacent to an activating group) is 1. The fraction of sp³-hybridized carbons (Fsp3) is 0.389. The third-order valence-corrected chi connectivity index (χ3v) is 5.66. The van der Waals surface area contributed by atoms with Crippen LogP contribution in [0.4, 0.5) is 0 Å². The van der Waals surface area contributed by atoms with E-state index in [4.69, 9.17) is 4.98 Å². The second kappa shape index (κ2) is 6.24. The minimum Gasteiger partial charge on any atom is -0.336 e. The number of hydrogen-bond donors (Lipinski definition) is 0. The second-order valence-electron chi connectivity index (χ2n) is 6.54. The first-order valence-corrected chi connectivity index (χ1v) is 9.28. The van der Waals surface area contributed by atoms with Crippen LogP contribution in [0.1, 0.15) is 16.1 Å². The molecule has 0 atom stereocenters. The Hall–Kier alpha value is -2.25. The number of piperazine rings is 1. The fourth-order valence-electron chi connectivity index (χ4n) is 3.34. The van der Waals surface area contributed by atoms with Gasteiger partial charge in [-0.2, -0.15) is 5.10 Å². The van der Waals surface area contributed by atoms with Gasteiger partial charge in [0.15, 0.2) is 5.65 Å². The zero-order valence-corrected chi connectivity index (χ0v) is 15.5. The van der Waals surface area contributed by atoms with Crippen molar-refractivity contribution in [3.05, 3.63) is 34.8 Å². The highest BCUT2D eigenvalue weighted by molar-refractivity contribution is 7.13. The van der Waals surface area contributed by atoms with Gasteiger partial charge in [-0.25, -0.2) is 4.98 Å². The molecule has 4 rings (SSSR count). The van der Waals surface area contributed by atoms with Crippen molar-refractivity contribution in [3.63, 3.8) is 0 Å². The van der Waals surface area contributed by atoms with Crippen molar-refractivity contribution in [1.29, 1.82) is 0 Å². The number of hydrogen-bond acceptors (Lipinski definition) is 5. The lowest BCUT2D eigenvalue weighted by molar-refractivity contribution is 0.0666. The fourth-order valence-corrected chi connectivity index (χ4v) is 4.03. The highest BCUT2D eigenvalue weighted by Crippen LogP contribution is 2.30. The van der Waals surface area contributed by atoms with Crippen molar-refractivity contribution >= 4 is 28.3 Å². The SMILES string of the molecule is Cc1nn(C)c2nc(-c3cccs3)cc(C(=O)N3CCN(C)CC3)c12. The van der Waals surface area contributed by atoms with Gasteiger partial charge in [0.05, 0.1) is 27.2 Å². The highest BCUT2D eigenvalue weighted by Gasteiger charge is 2.25. The molecule has 0 spiro atoms. The molecular formula is C18H21N5OS. The number of amides is 1. The molecule has 0 aromatic carbocycles. The summed E-state index contributed by atoms with van der Waals surface area (Å²) in [6.45, 7) is 5.27. The van der Waals surface area contributed by atoms with Crippen molar-refractivity contribution in [3.8, 4) is 10.6 Å². The molecule has 3 aromatic rings. The molecule has 0 saturated carbocycles. The van der Waals surface area contributed by atoms with Gasteiger partial charge in [-0.05, 0) is 31.5 Å². The highest BCUT2D eigenvalue weighted by atomic mass is 32.1. The van der Waals surface area contributed by atoms with Crippen LogP contribution in [-0.4, -0.2) is 63.7 Å². The number of aromatic nitrogens is 3. The van der Waals surface area contributed by atoms with E-state index in [0.29, 0.717) is 5.56 Å². The van der Waals surface area contributed by atoms with E-state index in [1.165, 1.54) is 0 Å². The van der Waals surface area contributed by atoms with E-state index in [2.05, 4.69) is 17.0 Å². The van der Waals surface area contributed by atoms with Gasteiger partial charge in [-0.3, -0.25) is 9.48 Å². The molecular weight excluding hydrogens is 334 g/mol. The van der Waals surface area contributed by atoms with Crippen LogP contribution in [0.5, 0.6) is 0 Å². The van der Waals surface area contributed by atoms with Gasteiger partial charge in [0.2, 0.25) is 0 Å². The number of aryl methyl sites for hydroxylation is 2. The molecule has 6 nitrogen and oxygen atoms in total. The molecule has 7 heteroatoms. The monoisotopic (exact) mass is 355 g/mol. The van der Waals surface area contributed by atoms with Crippen molar-refractivity contribution < 1.29 is 4.79 Å². The molecule has 130 valence electrons. The first-order chi connectivity index (χ1) is 12.0. The first kappa shape index (κ1) is 16.2. The van der Waals surface area contributed by atoms with Crippen molar-refractivity contribution in [2.45, 2.75) is 6.92 Å². The van der Waals surface area contributed by atoms with Gasteiger partial charge >= 0.3 is 0 Å². The quantitative estimate of drug-likeness (QED) is 0.708. The molecule has 1 amide bonds. The molecule has 1 aliphatic heterocycles. The molecule has 4 heterocycles. The van der Waals surface area contributed by atoms with Crippen LogP contribution in [0, 0.1) is 6.92 Å². The number of nitrogens with zero attached hydrogens (tertiary/aromatic N) is 5. The Balaban J connectivity index is 1.85. The minimum absolute atomic E-state index is 0.0782. The maximum atomic E-state index is 13.2. The van der Waals surface area contributed by atoms with Crippen LogP contribution in [0.2, 0.25) is 0 Å². The van der Waals surface area contributed by atoms with E-state index < -0.39 is 0 Å². The molecule has 3 aromatic heterocycles. The topological polar surface area (TPSA) is 54.3 Å². The maximum absolute atomic E-state index is 13.2. The molecule has 0 unspecified atom stereocenters. The van der Waals surface area contributed by atoms with Gasteiger partial charge in [0.25, 0.3) is 5.91 Å². The smallest absolute Gasteiger partial charge is 0.254 e. The van der Waals surface area contributed by atoms with Crippen LogP contribution < -0.4 is 0 Å². The molecule has 25 heavy (non-hydrogen) atoms. The summed E-state index contributed by atoms with van der Waals surface area (Å²) in [5, 5.41) is 7.38. The summed E-state index contributed by atoms with van der Waals surface area (Å²) in [5.41, 5.74) is 3.16. The predicted molar refractivity (Wildman–Crippen MR) is 100.0 cm³/mol. The average molecular weight is 355 g/mol. The molecule has 1 aliphatic rings. The summed E-state index contributed by atoms with van der Waals surface area (Å²) < 4.78 is 1.77. The lowest BCUT2D eigenvalue weighted by Crippen LogP contribution is -2.47. The van der Waals surface area contributed by atoms with Gasteiger partial charge in [-0.15, -0.1) is 11.3 Å². The van der Waals surface area contributed by atoms with E-state index in [1.54, 1.807) is 16.0 Å². The third kappa shape index (κ3) is 2.83. The Morgan fingerprint density at radius 3 is 2.64 bits per heavy atom. The summed E-state index contributed by atoms with van der Waals surface area (Å²) in [4.78, 5) is 23.3. The number of fused-ring (bicyclic) bond motifs is 1. The number of pyridine rings is 1. The van der Waals surface area contributed by atoms with E-state index in [0.717, 1.165) is 53.5 Å². The largest absolute Gasteiger partial charge is 0.336 e. The summed E-state index contributed by atoms with van der Waals surface area (Å²) in [7, 11) is 3.97. The molecule has 0 aliphatic carbocycles. The van der Waals surface area contributed by atoms with Crippen LogP contribution >= 0.6 is 11.3 Å². The van der Waals surface area contributed by atoms with Crippen molar-refractivity contribution in [2.75, 3.05) is 33.2 Å². The number of rotatable bonds is 2. The molecule has 0 radical (unpaired) electrons. The van der Waals surface area contributed by atoms with E-state index in [-0.39, 0.29) is 5.91 Å². The molecule has 0 N–H and O–H groups in total. The average Bonchev–Trinajstić information content (AvgIpc) is 3.23. The van der Waals surface area contributed by atoms with Crippen LogP contribution in [0.3, 0.4) is 0 Å². The minimum atomic E-state index is 0.0782. The van der Waals surface area contributed by atoms with Crippen LogP contribution in [-0.2, 0) is 7.05 Å². The number of carbonyl (C=O) groups is 1. The summed E-state index contributed by atoms with van der Waals surface area (Å²) >= 11 is 1.63. The summed E-state index contributed by atoms with van der Waals surface area (Å²) in [6, 6.07) is 5.97. The van der Waals surface area contributed by atoms with Crippen molar-refractivity contribution in [1.82, 2.24) is 24.6 Å². The van der Waals surface area contributed by atoms with Gasteiger partial charge in [0.1, 0.15) is 0 Å². The number of thiophene rings is 1. The maximum Gasteiger partial charge on any atom is 0.254 e. The van der Waals surface area contributed by atoms with E-state index >= 15 is 0 Å².